The van der Waals surface area contributed by atoms with Crippen LogP contribution in [0.25, 0.3) is 0 Å². The van der Waals surface area contributed by atoms with Gasteiger partial charge in [0.2, 0.25) is 5.91 Å². The molecule has 1 unspecified atom stereocenters. The van der Waals surface area contributed by atoms with E-state index in [4.69, 9.17) is 0 Å². The van der Waals surface area contributed by atoms with Crippen LogP contribution in [0.5, 0.6) is 0 Å². The number of hydrogen-bond donors (Lipinski definition) is 1. The van der Waals surface area contributed by atoms with Crippen LogP contribution in [0.3, 0.4) is 0 Å². The molecule has 1 saturated heterocycles. The van der Waals surface area contributed by atoms with Gasteiger partial charge < -0.3 is 10.2 Å². The van der Waals surface area contributed by atoms with Crippen LogP contribution in [0, 0.1) is 0 Å². The highest BCUT2D eigenvalue weighted by molar-refractivity contribution is 7.12. The average Bonchev–Trinajstić information content (AvgIpc) is 2.97. The lowest BCUT2D eigenvalue weighted by atomic mass is 9.94. The number of nitrogens with zero attached hydrogens (tertiary/aromatic N) is 1. The summed E-state index contributed by atoms with van der Waals surface area (Å²) in [5.41, 5.74) is 2.55. The molecule has 1 aromatic heterocycles. The highest BCUT2D eigenvalue weighted by Crippen LogP contribution is 2.29. The van der Waals surface area contributed by atoms with Crippen molar-refractivity contribution >= 4 is 23.2 Å². The van der Waals surface area contributed by atoms with Gasteiger partial charge in [-0.25, -0.2) is 0 Å². The summed E-state index contributed by atoms with van der Waals surface area (Å²) in [4.78, 5) is 26.6. The second-order valence-electron chi connectivity index (χ2n) is 5.35. The smallest absolute Gasteiger partial charge is 0.262 e. The van der Waals surface area contributed by atoms with E-state index >= 15 is 0 Å². The molecule has 1 aliphatic carbocycles. The number of carbonyl (C=O) groups is 2. The second-order valence-corrected chi connectivity index (χ2v) is 6.23. The van der Waals surface area contributed by atoms with Gasteiger partial charge in [0.15, 0.2) is 0 Å². The molecule has 1 fully saturated rings. The fourth-order valence-corrected chi connectivity index (χ4v) is 3.95. The maximum absolute atomic E-state index is 12.3. The van der Waals surface area contributed by atoms with Gasteiger partial charge >= 0.3 is 0 Å². The van der Waals surface area contributed by atoms with Gasteiger partial charge in [-0.3, -0.25) is 9.59 Å². The van der Waals surface area contributed by atoms with E-state index < -0.39 is 0 Å². The van der Waals surface area contributed by atoms with Crippen LogP contribution in [-0.4, -0.2) is 36.3 Å². The van der Waals surface area contributed by atoms with Crippen molar-refractivity contribution in [3.8, 4) is 0 Å². The van der Waals surface area contributed by atoms with Gasteiger partial charge in [0, 0.05) is 13.6 Å². The molecule has 0 saturated carbocycles. The van der Waals surface area contributed by atoms with Crippen molar-refractivity contribution in [2.75, 3.05) is 13.6 Å². The van der Waals surface area contributed by atoms with Crippen molar-refractivity contribution in [2.45, 2.75) is 38.1 Å². The van der Waals surface area contributed by atoms with Crippen LogP contribution in [0.15, 0.2) is 5.38 Å². The number of amides is 2. The fourth-order valence-electron chi connectivity index (χ4n) is 2.89. The van der Waals surface area contributed by atoms with Crippen LogP contribution < -0.4 is 5.32 Å². The van der Waals surface area contributed by atoms with Crippen molar-refractivity contribution < 1.29 is 9.59 Å². The van der Waals surface area contributed by atoms with Gasteiger partial charge in [-0.2, -0.15) is 0 Å². The van der Waals surface area contributed by atoms with E-state index in [0.717, 1.165) is 30.7 Å². The van der Waals surface area contributed by atoms with Crippen LogP contribution in [0.2, 0.25) is 0 Å². The molecule has 2 aliphatic rings. The Morgan fingerprint density at radius 1 is 1.42 bits per heavy atom. The number of likely N-dealkylation sites (tertiary alicyclic amines) is 1. The third kappa shape index (κ3) is 2.27. The van der Waals surface area contributed by atoms with Crippen molar-refractivity contribution in [1.82, 2.24) is 10.2 Å². The standard InChI is InChI=1S/C14H18N2O2S/c1-16-7-6-11(14(16)18)15-13(17)12-10-5-3-2-4-9(10)8-19-12/h8,11H,2-7H2,1H3,(H,15,17). The first kappa shape index (κ1) is 12.7. The molecule has 1 aliphatic heterocycles. The lowest BCUT2D eigenvalue weighted by molar-refractivity contribution is -0.128. The molecule has 0 radical (unpaired) electrons. The van der Waals surface area contributed by atoms with Crippen LogP contribution in [-0.2, 0) is 17.6 Å². The zero-order valence-electron chi connectivity index (χ0n) is 11.1. The molecule has 1 N–H and O–H groups in total. The van der Waals surface area contributed by atoms with Gasteiger partial charge in [-0.05, 0) is 48.6 Å². The fraction of sp³-hybridized carbons (Fsp3) is 0.571. The molecule has 0 spiro atoms. The average molecular weight is 278 g/mol. The highest BCUT2D eigenvalue weighted by Gasteiger charge is 2.31. The minimum atomic E-state index is -0.334. The molecular weight excluding hydrogens is 260 g/mol. The lowest BCUT2D eigenvalue weighted by Gasteiger charge is -2.15. The zero-order valence-corrected chi connectivity index (χ0v) is 11.9. The lowest BCUT2D eigenvalue weighted by Crippen LogP contribution is -2.40. The molecular formula is C14H18N2O2S. The van der Waals surface area contributed by atoms with Crippen molar-refractivity contribution in [3.63, 3.8) is 0 Å². The van der Waals surface area contributed by atoms with Gasteiger partial charge in [0.25, 0.3) is 5.91 Å². The topological polar surface area (TPSA) is 49.4 Å². The summed E-state index contributed by atoms with van der Waals surface area (Å²) in [5.74, 6) is -0.0411. The Hall–Kier alpha value is -1.36. The maximum atomic E-state index is 12.3. The van der Waals surface area contributed by atoms with E-state index in [9.17, 15) is 9.59 Å². The molecule has 102 valence electrons. The van der Waals surface area contributed by atoms with Crippen molar-refractivity contribution in [3.05, 3.63) is 21.4 Å². The molecule has 3 rings (SSSR count). The van der Waals surface area contributed by atoms with E-state index in [1.54, 1.807) is 11.9 Å². The molecule has 5 heteroatoms. The third-order valence-electron chi connectivity index (χ3n) is 4.04. The first-order valence-corrected chi connectivity index (χ1v) is 7.70. The Morgan fingerprint density at radius 2 is 2.21 bits per heavy atom. The van der Waals surface area contributed by atoms with E-state index in [-0.39, 0.29) is 17.9 Å². The van der Waals surface area contributed by atoms with Gasteiger partial charge in [-0.1, -0.05) is 0 Å². The molecule has 19 heavy (non-hydrogen) atoms. The minimum absolute atomic E-state index is 0.0266. The highest BCUT2D eigenvalue weighted by atomic mass is 32.1. The molecule has 2 heterocycles. The number of nitrogens with one attached hydrogen (secondary N) is 1. The number of hydrogen-bond acceptors (Lipinski definition) is 3. The monoisotopic (exact) mass is 278 g/mol. The maximum Gasteiger partial charge on any atom is 0.262 e. The largest absolute Gasteiger partial charge is 0.344 e. The van der Waals surface area contributed by atoms with E-state index in [1.807, 2.05) is 0 Å². The first-order chi connectivity index (χ1) is 9.16. The number of rotatable bonds is 2. The number of fused-ring (bicyclic) bond motifs is 1. The summed E-state index contributed by atoms with van der Waals surface area (Å²) < 4.78 is 0. The number of likely N-dealkylation sites (N-methyl/N-ethyl adjacent to an activating group) is 1. The van der Waals surface area contributed by atoms with Crippen LogP contribution in [0.1, 0.15) is 40.1 Å². The molecule has 0 aromatic carbocycles. The van der Waals surface area contributed by atoms with Crippen LogP contribution in [0.4, 0.5) is 0 Å². The summed E-state index contributed by atoms with van der Waals surface area (Å²) in [7, 11) is 1.78. The number of carbonyl (C=O) groups excluding carboxylic acids is 2. The molecule has 0 bridgehead atoms. The van der Waals surface area contributed by atoms with Crippen molar-refractivity contribution in [1.29, 1.82) is 0 Å². The summed E-state index contributed by atoms with van der Waals surface area (Å²) in [6.45, 7) is 0.728. The zero-order chi connectivity index (χ0) is 13.4. The predicted molar refractivity (Wildman–Crippen MR) is 74.5 cm³/mol. The summed E-state index contributed by atoms with van der Waals surface area (Å²) >= 11 is 1.52. The minimum Gasteiger partial charge on any atom is -0.344 e. The quantitative estimate of drug-likeness (QED) is 0.893. The summed E-state index contributed by atoms with van der Waals surface area (Å²) in [6, 6.07) is -0.334. The van der Waals surface area contributed by atoms with E-state index in [2.05, 4.69) is 10.7 Å². The Labute approximate surface area is 116 Å². The normalized spacial score (nSPS) is 22.5. The Morgan fingerprint density at radius 3 is 2.95 bits per heavy atom. The number of aryl methyl sites for hydroxylation is 1. The Bertz CT molecular complexity index is 524. The Kier molecular flexibility index (Phi) is 3.31. The molecule has 4 nitrogen and oxygen atoms in total. The SMILES string of the molecule is CN1CCC(NC(=O)c2scc3c2CCCC3)C1=O. The van der Waals surface area contributed by atoms with Gasteiger partial charge in [-0.15, -0.1) is 11.3 Å². The number of thiophene rings is 1. The molecule has 1 atom stereocenters. The molecule has 2 amide bonds. The second kappa shape index (κ2) is 4.96. The first-order valence-electron chi connectivity index (χ1n) is 6.82. The summed E-state index contributed by atoms with van der Waals surface area (Å²) in [6.07, 6.45) is 5.19. The summed E-state index contributed by atoms with van der Waals surface area (Å²) in [5, 5.41) is 5.00. The molecule has 1 aromatic rings. The van der Waals surface area contributed by atoms with Crippen molar-refractivity contribution in [2.24, 2.45) is 0 Å². The predicted octanol–water partition coefficient (Wildman–Crippen LogP) is 1.59. The van der Waals surface area contributed by atoms with Gasteiger partial charge in [0.1, 0.15) is 6.04 Å². The van der Waals surface area contributed by atoms with E-state index in [1.165, 1.54) is 28.9 Å². The Balaban J connectivity index is 1.74. The third-order valence-corrected chi connectivity index (χ3v) is 5.11. The van der Waals surface area contributed by atoms with Crippen LogP contribution >= 0.6 is 11.3 Å². The van der Waals surface area contributed by atoms with E-state index in [0.29, 0.717) is 6.42 Å². The van der Waals surface area contributed by atoms with Gasteiger partial charge in [0.05, 0.1) is 4.88 Å².